The van der Waals surface area contributed by atoms with E-state index in [2.05, 4.69) is 10.3 Å². The van der Waals surface area contributed by atoms with E-state index in [1.807, 2.05) is 13.8 Å². The predicted molar refractivity (Wildman–Crippen MR) is 108 cm³/mol. The third-order valence-corrected chi connectivity index (χ3v) is 4.54. The van der Waals surface area contributed by atoms with Gasteiger partial charge in [0.15, 0.2) is 11.5 Å². The molecule has 0 fully saturated rings. The van der Waals surface area contributed by atoms with Gasteiger partial charge in [-0.15, -0.1) is 0 Å². The van der Waals surface area contributed by atoms with Crippen LogP contribution in [-0.2, 0) is 27.5 Å². The molecule has 1 amide bonds. The van der Waals surface area contributed by atoms with Gasteiger partial charge >= 0.3 is 12.1 Å². The van der Waals surface area contributed by atoms with Crippen molar-refractivity contribution in [1.82, 2.24) is 19.4 Å². The SMILES string of the molecule is CC(C)OCCn1c(=S)[nH]c(=O)c2c1ccn2COC(=O)NC(C(=O)O)C(C)C. The van der Waals surface area contributed by atoms with E-state index < -0.39 is 23.7 Å². The zero-order valence-corrected chi connectivity index (χ0v) is 17.6. The molecule has 2 heterocycles. The zero-order valence-electron chi connectivity index (χ0n) is 16.8. The van der Waals surface area contributed by atoms with Crippen LogP contribution in [0.1, 0.15) is 27.7 Å². The number of fused-ring (bicyclic) bond motifs is 1. The van der Waals surface area contributed by atoms with Gasteiger partial charge in [-0.1, -0.05) is 13.8 Å². The first-order valence-corrected chi connectivity index (χ1v) is 9.62. The summed E-state index contributed by atoms with van der Waals surface area (Å²) >= 11 is 5.25. The highest BCUT2D eigenvalue weighted by Gasteiger charge is 2.24. The van der Waals surface area contributed by atoms with Crippen molar-refractivity contribution in [3.05, 3.63) is 27.4 Å². The average molecular weight is 426 g/mol. The van der Waals surface area contributed by atoms with Crippen molar-refractivity contribution in [3.8, 4) is 0 Å². The molecule has 11 heteroatoms. The number of carboxylic acid groups (broad SMARTS) is 1. The molecule has 1 atom stereocenters. The van der Waals surface area contributed by atoms with Gasteiger partial charge < -0.3 is 29.0 Å². The smallest absolute Gasteiger partial charge is 0.409 e. The van der Waals surface area contributed by atoms with Crippen LogP contribution in [-0.4, -0.2) is 50.0 Å². The fourth-order valence-corrected chi connectivity index (χ4v) is 3.06. The lowest BCUT2D eigenvalue weighted by Gasteiger charge is -2.17. The summed E-state index contributed by atoms with van der Waals surface area (Å²) in [5.74, 6) is -1.46. The fourth-order valence-electron chi connectivity index (χ4n) is 2.78. The maximum Gasteiger partial charge on any atom is 0.409 e. The number of ether oxygens (including phenoxy) is 2. The number of nitrogens with zero attached hydrogens (tertiary/aromatic N) is 2. The summed E-state index contributed by atoms with van der Waals surface area (Å²) in [5, 5.41) is 11.4. The highest BCUT2D eigenvalue weighted by Crippen LogP contribution is 2.13. The number of hydrogen-bond donors (Lipinski definition) is 3. The summed E-state index contributed by atoms with van der Waals surface area (Å²) in [6.07, 6.45) is 0.778. The quantitative estimate of drug-likeness (QED) is 0.524. The van der Waals surface area contributed by atoms with Crippen LogP contribution in [0.3, 0.4) is 0 Å². The Labute approximate surface area is 172 Å². The van der Waals surface area contributed by atoms with Crippen LogP contribution in [0.15, 0.2) is 17.1 Å². The van der Waals surface area contributed by atoms with E-state index in [4.69, 9.17) is 26.8 Å². The van der Waals surface area contributed by atoms with Crippen LogP contribution < -0.4 is 10.9 Å². The Morgan fingerprint density at radius 3 is 2.59 bits per heavy atom. The van der Waals surface area contributed by atoms with E-state index in [0.717, 1.165) is 0 Å². The van der Waals surface area contributed by atoms with Gasteiger partial charge in [0.2, 0.25) is 0 Å². The molecule has 0 saturated heterocycles. The van der Waals surface area contributed by atoms with Crippen LogP contribution in [0.2, 0.25) is 0 Å². The number of amides is 1. The number of carbonyl (C=O) groups excluding carboxylic acids is 1. The van der Waals surface area contributed by atoms with Gasteiger partial charge in [0.1, 0.15) is 11.6 Å². The Kier molecular flexibility index (Phi) is 7.57. The summed E-state index contributed by atoms with van der Waals surface area (Å²) in [4.78, 5) is 38.2. The van der Waals surface area contributed by atoms with Gasteiger partial charge in [-0.3, -0.25) is 9.78 Å². The minimum absolute atomic E-state index is 0.0689. The minimum Gasteiger partial charge on any atom is -0.480 e. The molecule has 2 aromatic rings. The van der Waals surface area contributed by atoms with Crippen LogP contribution in [0.25, 0.3) is 11.0 Å². The number of alkyl carbamates (subject to hydrolysis) is 1. The molecule has 0 aliphatic carbocycles. The van der Waals surface area contributed by atoms with Gasteiger partial charge in [0.05, 0.1) is 18.2 Å². The number of carbonyl (C=O) groups is 2. The summed E-state index contributed by atoms with van der Waals surface area (Å²) in [6.45, 7) is 7.80. The van der Waals surface area contributed by atoms with E-state index in [-0.39, 0.29) is 29.0 Å². The number of hydrogen-bond acceptors (Lipinski definition) is 6. The van der Waals surface area contributed by atoms with E-state index >= 15 is 0 Å². The van der Waals surface area contributed by atoms with E-state index in [0.29, 0.717) is 18.7 Å². The minimum atomic E-state index is -1.15. The monoisotopic (exact) mass is 426 g/mol. The van der Waals surface area contributed by atoms with E-state index in [9.17, 15) is 14.4 Å². The van der Waals surface area contributed by atoms with E-state index in [1.54, 1.807) is 30.7 Å². The zero-order chi connectivity index (χ0) is 21.7. The highest BCUT2D eigenvalue weighted by atomic mass is 32.1. The topological polar surface area (TPSA) is 128 Å². The molecule has 0 aliphatic heterocycles. The molecule has 0 spiro atoms. The fraction of sp³-hybridized carbons (Fsp3) is 0.556. The Morgan fingerprint density at radius 2 is 2.00 bits per heavy atom. The molecule has 29 heavy (non-hydrogen) atoms. The summed E-state index contributed by atoms with van der Waals surface area (Å²) < 4.78 is 14.1. The largest absolute Gasteiger partial charge is 0.480 e. The maximum atomic E-state index is 12.4. The predicted octanol–water partition coefficient (Wildman–Crippen LogP) is 2.08. The first kappa shape index (κ1) is 22.6. The first-order valence-electron chi connectivity index (χ1n) is 9.21. The lowest BCUT2D eigenvalue weighted by atomic mass is 10.1. The number of aromatic amines is 1. The molecule has 2 aromatic heterocycles. The lowest BCUT2D eigenvalue weighted by molar-refractivity contribution is -0.140. The summed E-state index contributed by atoms with van der Waals surface area (Å²) in [5.41, 5.74) is 0.459. The van der Waals surface area contributed by atoms with Crippen molar-refractivity contribution in [2.24, 2.45) is 5.92 Å². The van der Waals surface area contributed by atoms with Gasteiger partial charge in [0.25, 0.3) is 5.56 Å². The van der Waals surface area contributed by atoms with Crippen LogP contribution in [0.4, 0.5) is 4.79 Å². The van der Waals surface area contributed by atoms with Gasteiger partial charge in [-0.25, -0.2) is 9.59 Å². The molecule has 0 saturated carbocycles. The number of rotatable bonds is 9. The van der Waals surface area contributed by atoms with Crippen LogP contribution >= 0.6 is 12.2 Å². The number of carboxylic acids is 1. The average Bonchev–Trinajstić information content (AvgIpc) is 3.04. The molecule has 160 valence electrons. The Hall–Kier alpha value is -2.66. The number of aliphatic carboxylic acids is 1. The third kappa shape index (κ3) is 5.67. The molecule has 3 N–H and O–H groups in total. The Bertz CT molecular complexity index is 990. The molecule has 10 nitrogen and oxygen atoms in total. The Morgan fingerprint density at radius 1 is 1.31 bits per heavy atom. The normalized spacial score (nSPS) is 12.5. The van der Waals surface area contributed by atoms with Crippen molar-refractivity contribution in [3.63, 3.8) is 0 Å². The number of aromatic nitrogens is 3. The number of H-pyrrole nitrogens is 1. The second-order valence-electron chi connectivity index (χ2n) is 7.11. The van der Waals surface area contributed by atoms with E-state index in [1.165, 1.54) is 4.57 Å². The molecule has 2 rings (SSSR count). The van der Waals surface area contributed by atoms with Crippen molar-refractivity contribution in [1.29, 1.82) is 0 Å². The standard InChI is InChI=1S/C18H26N4O6S/c1-10(2)13(16(24)25)19-18(26)28-9-21-6-5-12-14(21)15(23)20-17(29)22(12)7-8-27-11(3)4/h5-6,10-11,13H,7-9H2,1-4H3,(H,19,26)(H,24,25)(H,20,23,29). The van der Waals surface area contributed by atoms with Gasteiger partial charge in [-0.05, 0) is 38.0 Å². The highest BCUT2D eigenvalue weighted by molar-refractivity contribution is 7.71. The van der Waals surface area contributed by atoms with Gasteiger partial charge in [0, 0.05) is 12.7 Å². The van der Waals surface area contributed by atoms with Crippen molar-refractivity contribution < 1.29 is 24.2 Å². The molecule has 0 aromatic carbocycles. The molecule has 1 unspecified atom stereocenters. The van der Waals surface area contributed by atoms with Crippen LogP contribution in [0, 0.1) is 10.7 Å². The maximum absolute atomic E-state index is 12.4. The van der Waals surface area contributed by atoms with Gasteiger partial charge in [-0.2, -0.15) is 0 Å². The van der Waals surface area contributed by atoms with Crippen molar-refractivity contribution in [2.45, 2.75) is 53.1 Å². The molecular formula is C18H26N4O6S. The Balaban J connectivity index is 2.18. The third-order valence-electron chi connectivity index (χ3n) is 4.22. The molecule has 0 aliphatic rings. The number of nitrogens with one attached hydrogen (secondary N) is 2. The second-order valence-corrected chi connectivity index (χ2v) is 7.50. The first-order chi connectivity index (χ1) is 13.6. The molecular weight excluding hydrogens is 400 g/mol. The lowest BCUT2D eigenvalue weighted by Crippen LogP contribution is -2.44. The van der Waals surface area contributed by atoms with Crippen molar-refractivity contribution >= 4 is 35.3 Å². The van der Waals surface area contributed by atoms with Crippen LogP contribution in [0.5, 0.6) is 0 Å². The summed E-state index contributed by atoms with van der Waals surface area (Å²) in [7, 11) is 0. The van der Waals surface area contributed by atoms with Crippen molar-refractivity contribution in [2.75, 3.05) is 6.61 Å². The second kappa shape index (κ2) is 9.70. The molecule has 0 radical (unpaired) electrons. The molecule has 0 bridgehead atoms. The summed E-state index contributed by atoms with van der Waals surface area (Å²) in [6, 6.07) is 0.628.